The molecule has 1 aromatic heterocycles. The highest BCUT2D eigenvalue weighted by Gasteiger charge is 2.14. The highest BCUT2D eigenvalue weighted by atomic mass is 16.4. The van der Waals surface area contributed by atoms with Gasteiger partial charge in [-0.3, -0.25) is 0 Å². The number of hydrogen-bond donors (Lipinski definition) is 1. The Morgan fingerprint density at radius 3 is 2.18 bits per heavy atom. The SMILES string of the molecule is Cc1ccc(-n2c(C)ccc2C)c(C(=O)O)c1. The van der Waals surface area contributed by atoms with Gasteiger partial charge in [0.25, 0.3) is 0 Å². The quantitative estimate of drug-likeness (QED) is 0.859. The molecule has 0 saturated carbocycles. The van der Waals surface area contributed by atoms with Gasteiger partial charge in [0.1, 0.15) is 0 Å². The number of aromatic nitrogens is 1. The predicted molar refractivity (Wildman–Crippen MR) is 66.9 cm³/mol. The first kappa shape index (κ1) is 11.5. The lowest BCUT2D eigenvalue weighted by Crippen LogP contribution is -2.08. The van der Waals surface area contributed by atoms with E-state index in [1.165, 1.54) is 0 Å². The summed E-state index contributed by atoms with van der Waals surface area (Å²) in [6.07, 6.45) is 0. The summed E-state index contributed by atoms with van der Waals surface area (Å²) in [5.41, 5.74) is 4.09. The van der Waals surface area contributed by atoms with Crippen LogP contribution in [0.25, 0.3) is 5.69 Å². The van der Waals surface area contributed by atoms with Gasteiger partial charge in [-0.25, -0.2) is 4.79 Å². The van der Waals surface area contributed by atoms with E-state index in [2.05, 4.69) is 0 Å². The average Bonchev–Trinajstić information content (AvgIpc) is 2.59. The Morgan fingerprint density at radius 2 is 1.65 bits per heavy atom. The molecule has 0 atom stereocenters. The van der Waals surface area contributed by atoms with Crippen LogP contribution in [0.3, 0.4) is 0 Å². The second kappa shape index (κ2) is 4.09. The van der Waals surface area contributed by atoms with Crippen LogP contribution in [0.5, 0.6) is 0 Å². The number of nitrogens with zero attached hydrogens (tertiary/aromatic N) is 1. The van der Waals surface area contributed by atoms with Crippen LogP contribution in [0.2, 0.25) is 0 Å². The monoisotopic (exact) mass is 229 g/mol. The molecule has 0 aliphatic carbocycles. The van der Waals surface area contributed by atoms with Gasteiger partial charge in [0.2, 0.25) is 0 Å². The highest BCUT2D eigenvalue weighted by Crippen LogP contribution is 2.21. The van der Waals surface area contributed by atoms with Crippen molar-refractivity contribution in [3.05, 3.63) is 52.8 Å². The van der Waals surface area contributed by atoms with Crippen molar-refractivity contribution < 1.29 is 9.90 Å². The van der Waals surface area contributed by atoms with E-state index in [0.29, 0.717) is 5.56 Å². The maximum absolute atomic E-state index is 11.3. The molecule has 1 N–H and O–H groups in total. The first-order valence-corrected chi connectivity index (χ1v) is 5.50. The minimum atomic E-state index is -0.892. The molecular formula is C14H15NO2. The van der Waals surface area contributed by atoms with Crippen molar-refractivity contribution in [2.45, 2.75) is 20.8 Å². The number of benzene rings is 1. The summed E-state index contributed by atoms with van der Waals surface area (Å²) in [7, 11) is 0. The largest absolute Gasteiger partial charge is 0.478 e. The molecule has 2 rings (SSSR count). The van der Waals surface area contributed by atoms with Crippen LogP contribution in [-0.2, 0) is 0 Å². The fraction of sp³-hybridized carbons (Fsp3) is 0.214. The van der Waals surface area contributed by atoms with Crippen LogP contribution >= 0.6 is 0 Å². The molecule has 0 spiro atoms. The number of aromatic carboxylic acids is 1. The number of hydrogen-bond acceptors (Lipinski definition) is 1. The molecule has 0 aliphatic heterocycles. The Kier molecular flexibility index (Phi) is 2.76. The lowest BCUT2D eigenvalue weighted by atomic mass is 10.1. The van der Waals surface area contributed by atoms with Gasteiger partial charge in [-0.05, 0) is 45.0 Å². The molecule has 0 fully saturated rings. The van der Waals surface area contributed by atoms with Gasteiger partial charge in [0.15, 0.2) is 0 Å². The van der Waals surface area contributed by atoms with Crippen molar-refractivity contribution in [2.24, 2.45) is 0 Å². The molecule has 0 bridgehead atoms. The first-order chi connectivity index (χ1) is 8.00. The van der Waals surface area contributed by atoms with E-state index in [-0.39, 0.29) is 0 Å². The van der Waals surface area contributed by atoms with Crippen molar-refractivity contribution in [2.75, 3.05) is 0 Å². The normalized spacial score (nSPS) is 10.5. The lowest BCUT2D eigenvalue weighted by Gasteiger charge is -2.13. The van der Waals surface area contributed by atoms with E-state index in [1.807, 2.05) is 49.6 Å². The number of rotatable bonds is 2. The predicted octanol–water partition coefficient (Wildman–Crippen LogP) is 3.10. The van der Waals surface area contributed by atoms with Gasteiger partial charge < -0.3 is 9.67 Å². The second-order valence-electron chi connectivity index (χ2n) is 4.28. The average molecular weight is 229 g/mol. The Labute approximate surface area is 100 Å². The molecule has 2 aromatic rings. The maximum atomic E-state index is 11.3. The third-order valence-corrected chi connectivity index (χ3v) is 2.89. The van der Waals surface area contributed by atoms with Gasteiger partial charge in [-0.2, -0.15) is 0 Å². The third-order valence-electron chi connectivity index (χ3n) is 2.89. The Bertz CT molecular complexity index is 562. The van der Waals surface area contributed by atoms with Crippen molar-refractivity contribution in [1.29, 1.82) is 0 Å². The molecule has 1 heterocycles. The molecule has 3 heteroatoms. The van der Waals surface area contributed by atoms with Crippen LogP contribution in [0.1, 0.15) is 27.3 Å². The minimum absolute atomic E-state index is 0.340. The van der Waals surface area contributed by atoms with Gasteiger partial charge in [-0.1, -0.05) is 11.6 Å². The fourth-order valence-electron chi connectivity index (χ4n) is 2.06. The van der Waals surface area contributed by atoms with Crippen molar-refractivity contribution in [3.8, 4) is 5.69 Å². The number of aryl methyl sites for hydroxylation is 3. The topological polar surface area (TPSA) is 42.2 Å². The zero-order chi connectivity index (χ0) is 12.6. The van der Waals surface area contributed by atoms with E-state index < -0.39 is 5.97 Å². The van der Waals surface area contributed by atoms with E-state index in [9.17, 15) is 9.90 Å². The van der Waals surface area contributed by atoms with Crippen LogP contribution in [0, 0.1) is 20.8 Å². The van der Waals surface area contributed by atoms with E-state index in [1.54, 1.807) is 6.07 Å². The molecule has 3 nitrogen and oxygen atoms in total. The molecule has 17 heavy (non-hydrogen) atoms. The van der Waals surface area contributed by atoms with Crippen LogP contribution in [0.15, 0.2) is 30.3 Å². The van der Waals surface area contributed by atoms with Gasteiger partial charge in [-0.15, -0.1) is 0 Å². The molecule has 0 aliphatic rings. The highest BCUT2D eigenvalue weighted by molar-refractivity contribution is 5.92. The molecular weight excluding hydrogens is 214 g/mol. The minimum Gasteiger partial charge on any atom is -0.478 e. The second-order valence-corrected chi connectivity index (χ2v) is 4.28. The summed E-state index contributed by atoms with van der Waals surface area (Å²) in [4.78, 5) is 11.3. The molecule has 1 aromatic carbocycles. The Morgan fingerprint density at radius 1 is 1.06 bits per heavy atom. The summed E-state index contributed by atoms with van der Waals surface area (Å²) < 4.78 is 1.96. The summed E-state index contributed by atoms with van der Waals surface area (Å²) in [5.74, 6) is -0.892. The Balaban J connectivity index is 2.71. The van der Waals surface area contributed by atoms with Crippen LogP contribution in [-0.4, -0.2) is 15.6 Å². The van der Waals surface area contributed by atoms with Gasteiger partial charge in [0, 0.05) is 11.4 Å². The molecule has 0 saturated heterocycles. The van der Waals surface area contributed by atoms with E-state index in [4.69, 9.17) is 0 Å². The Hall–Kier alpha value is -2.03. The summed E-state index contributed by atoms with van der Waals surface area (Å²) in [5, 5.41) is 9.26. The van der Waals surface area contributed by atoms with E-state index in [0.717, 1.165) is 22.6 Å². The molecule has 0 radical (unpaired) electrons. The van der Waals surface area contributed by atoms with Crippen molar-refractivity contribution in [3.63, 3.8) is 0 Å². The maximum Gasteiger partial charge on any atom is 0.337 e. The van der Waals surface area contributed by atoms with Crippen molar-refractivity contribution >= 4 is 5.97 Å². The number of carboxylic acid groups (broad SMARTS) is 1. The molecule has 0 unspecified atom stereocenters. The first-order valence-electron chi connectivity index (χ1n) is 5.50. The third kappa shape index (κ3) is 1.96. The summed E-state index contributed by atoms with van der Waals surface area (Å²) in [6, 6.07) is 9.47. The lowest BCUT2D eigenvalue weighted by molar-refractivity contribution is 0.0697. The van der Waals surface area contributed by atoms with Crippen LogP contribution < -0.4 is 0 Å². The van der Waals surface area contributed by atoms with Crippen LogP contribution in [0.4, 0.5) is 0 Å². The summed E-state index contributed by atoms with van der Waals surface area (Å²) >= 11 is 0. The van der Waals surface area contributed by atoms with Gasteiger partial charge >= 0.3 is 5.97 Å². The summed E-state index contributed by atoms with van der Waals surface area (Å²) in [6.45, 7) is 5.84. The fourth-order valence-corrected chi connectivity index (χ4v) is 2.06. The van der Waals surface area contributed by atoms with Crippen molar-refractivity contribution in [1.82, 2.24) is 4.57 Å². The molecule has 88 valence electrons. The molecule has 0 amide bonds. The zero-order valence-corrected chi connectivity index (χ0v) is 10.2. The standard InChI is InChI=1S/C14H15NO2/c1-9-4-7-13(12(8-9)14(16)17)15-10(2)5-6-11(15)3/h4-8H,1-3H3,(H,16,17). The zero-order valence-electron chi connectivity index (χ0n) is 10.2. The van der Waals surface area contributed by atoms with Gasteiger partial charge in [0.05, 0.1) is 11.3 Å². The number of carbonyl (C=O) groups is 1. The number of carboxylic acids is 1. The van der Waals surface area contributed by atoms with E-state index >= 15 is 0 Å². The smallest absolute Gasteiger partial charge is 0.337 e.